The molecule has 0 unspecified atom stereocenters. The number of rotatable bonds is 2. The van der Waals surface area contributed by atoms with Gasteiger partial charge in [-0.2, -0.15) is 0 Å². The molecule has 1 heterocycles. The molecule has 18 heavy (non-hydrogen) atoms. The first-order valence-corrected chi connectivity index (χ1v) is 5.79. The largest absolute Gasteiger partial charge is 0.397 e. The maximum absolute atomic E-state index is 5.95. The van der Waals surface area contributed by atoms with Crippen LogP contribution in [0.15, 0.2) is 67.1 Å². The van der Waals surface area contributed by atoms with Crippen LogP contribution in [-0.2, 0) is 0 Å². The Bertz CT molecular complexity index is 656. The van der Waals surface area contributed by atoms with Gasteiger partial charge in [0, 0.05) is 11.8 Å². The van der Waals surface area contributed by atoms with E-state index >= 15 is 0 Å². The molecule has 88 valence electrons. The smallest absolute Gasteiger partial charge is 0.1000 e. The van der Waals surface area contributed by atoms with Crippen molar-refractivity contribution in [3.63, 3.8) is 0 Å². The van der Waals surface area contributed by atoms with Crippen LogP contribution in [0.4, 0.5) is 5.69 Å². The molecule has 0 aliphatic carbocycles. The van der Waals surface area contributed by atoms with E-state index in [0.29, 0.717) is 0 Å². The summed E-state index contributed by atoms with van der Waals surface area (Å²) in [6, 6.07) is 17.8. The quantitative estimate of drug-likeness (QED) is 0.693. The van der Waals surface area contributed by atoms with Crippen molar-refractivity contribution in [1.29, 1.82) is 0 Å². The Balaban J connectivity index is 2.03. The van der Waals surface area contributed by atoms with Gasteiger partial charge < -0.3 is 10.3 Å². The van der Waals surface area contributed by atoms with Crippen molar-refractivity contribution in [2.75, 3.05) is 5.73 Å². The molecule has 3 aromatic rings. The normalized spacial score (nSPS) is 10.4. The van der Waals surface area contributed by atoms with Crippen LogP contribution in [0.3, 0.4) is 0 Å². The van der Waals surface area contributed by atoms with Crippen molar-refractivity contribution in [2.24, 2.45) is 0 Å². The number of nitrogens with two attached hydrogens (primary N) is 1. The lowest BCUT2D eigenvalue weighted by Gasteiger charge is -2.04. The molecule has 0 saturated heterocycles. The van der Waals surface area contributed by atoms with E-state index in [1.54, 1.807) is 6.33 Å². The predicted molar refractivity (Wildman–Crippen MR) is 73.4 cm³/mol. The first-order chi connectivity index (χ1) is 8.84. The molecule has 0 radical (unpaired) electrons. The zero-order valence-corrected chi connectivity index (χ0v) is 9.82. The highest BCUT2D eigenvalue weighted by molar-refractivity contribution is 5.62. The predicted octanol–water partition coefficient (Wildman–Crippen LogP) is 3.12. The van der Waals surface area contributed by atoms with Crippen LogP contribution < -0.4 is 5.73 Å². The lowest BCUT2D eigenvalue weighted by molar-refractivity contribution is 1.06. The van der Waals surface area contributed by atoms with E-state index in [0.717, 1.165) is 22.6 Å². The fourth-order valence-corrected chi connectivity index (χ4v) is 1.94. The first kappa shape index (κ1) is 10.6. The Morgan fingerprint density at radius 3 is 2.39 bits per heavy atom. The monoisotopic (exact) mass is 235 g/mol. The average molecular weight is 235 g/mol. The number of para-hydroxylation sites is 2. The number of hydrogen-bond donors (Lipinski definition) is 1. The van der Waals surface area contributed by atoms with Gasteiger partial charge >= 0.3 is 0 Å². The summed E-state index contributed by atoms with van der Waals surface area (Å²) in [5, 5.41) is 0. The number of anilines is 1. The van der Waals surface area contributed by atoms with E-state index in [-0.39, 0.29) is 0 Å². The topological polar surface area (TPSA) is 43.8 Å². The third-order valence-corrected chi connectivity index (χ3v) is 2.87. The molecule has 2 aromatic carbocycles. The van der Waals surface area contributed by atoms with Gasteiger partial charge in [0.15, 0.2) is 0 Å². The maximum Gasteiger partial charge on any atom is 0.1000 e. The van der Waals surface area contributed by atoms with Crippen molar-refractivity contribution in [2.45, 2.75) is 0 Å². The molecule has 0 aliphatic rings. The Hall–Kier alpha value is -2.55. The summed E-state index contributed by atoms with van der Waals surface area (Å²) < 4.78 is 1.94. The van der Waals surface area contributed by atoms with Crippen LogP contribution in [-0.4, -0.2) is 9.55 Å². The highest BCUT2D eigenvalue weighted by Gasteiger charge is 2.04. The second-order valence-corrected chi connectivity index (χ2v) is 4.09. The zero-order valence-electron chi connectivity index (χ0n) is 9.82. The minimum Gasteiger partial charge on any atom is -0.397 e. The Labute approximate surface area is 106 Å². The highest BCUT2D eigenvalue weighted by atomic mass is 15.0. The van der Waals surface area contributed by atoms with Gasteiger partial charge in [0.05, 0.1) is 23.4 Å². The standard InChI is InChI=1S/C15H13N3/c16-13-8-4-5-9-15(13)18-10-14(17-11-18)12-6-2-1-3-7-12/h1-11H,16H2. The molecule has 2 N–H and O–H groups in total. The van der Waals surface area contributed by atoms with Gasteiger partial charge in [-0.1, -0.05) is 42.5 Å². The molecular formula is C15H13N3. The van der Waals surface area contributed by atoms with E-state index in [9.17, 15) is 0 Å². The van der Waals surface area contributed by atoms with Crippen molar-refractivity contribution in [3.05, 3.63) is 67.1 Å². The van der Waals surface area contributed by atoms with Crippen LogP contribution in [0, 0.1) is 0 Å². The molecular weight excluding hydrogens is 222 g/mol. The zero-order chi connectivity index (χ0) is 12.4. The third kappa shape index (κ3) is 1.86. The number of imidazole rings is 1. The molecule has 3 heteroatoms. The van der Waals surface area contributed by atoms with Crippen molar-refractivity contribution in [1.82, 2.24) is 9.55 Å². The summed E-state index contributed by atoms with van der Waals surface area (Å²) in [5.74, 6) is 0. The number of hydrogen-bond acceptors (Lipinski definition) is 2. The van der Waals surface area contributed by atoms with Crippen LogP contribution in [0.25, 0.3) is 16.9 Å². The van der Waals surface area contributed by atoms with Gasteiger partial charge in [-0.25, -0.2) is 4.98 Å². The summed E-state index contributed by atoms with van der Waals surface area (Å²) in [5.41, 5.74) is 9.69. The molecule has 3 rings (SSSR count). The van der Waals surface area contributed by atoms with E-state index in [2.05, 4.69) is 4.98 Å². The summed E-state index contributed by atoms with van der Waals surface area (Å²) in [6.07, 6.45) is 3.77. The lowest BCUT2D eigenvalue weighted by Crippen LogP contribution is -1.96. The molecule has 0 atom stereocenters. The van der Waals surface area contributed by atoms with Gasteiger partial charge in [0.1, 0.15) is 0 Å². The molecule has 0 spiro atoms. The minimum absolute atomic E-state index is 0.745. The number of aromatic nitrogens is 2. The Morgan fingerprint density at radius 2 is 1.61 bits per heavy atom. The fourth-order valence-electron chi connectivity index (χ4n) is 1.94. The molecule has 0 fully saturated rings. The average Bonchev–Trinajstić information content (AvgIpc) is 2.90. The van der Waals surface area contributed by atoms with Gasteiger partial charge in [-0.3, -0.25) is 0 Å². The number of benzene rings is 2. The van der Waals surface area contributed by atoms with Crippen LogP contribution in [0.1, 0.15) is 0 Å². The molecule has 0 aliphatic heterocycles. The summed E-state index contributed by atoms with van der Waals surface area (Å²) in [6.45, 7) is 0. The van der Waals surface area contributed by atoms with E-state index in [1.807, 2.05) is 65.4 Å². The van der Waals surface area contributed by atoms with E-state index < -0.39 is 0 Å². The van der Waals surface area contributed by atoms with E-state index in [4.69, 9.17) is 5.73 Å². The Morgan fingerprint density at radius 1 is 0.889 bits per heavy atom. The number of nitrogens with zero attached hydrogens (tertiary/aromatic N) is 2. The SMILES string of the molecule is Nc1ccccc1-n1cnc(-c2ccccc2)c1. The second-order valence-electron chi connectivity index (χ2n) is 4.09. The summed E-state index contributed by atoms with van der Waals surface area (Å²) in [4.78, 5) is 4.41. The molecule has 3 nitrogen and oxygen atoms in total. The molecule has 0 bridgehead atoms. The van der Waals surface area contributed by atoms with E-state index in [1.165, 1.54) is 0 Å². The minimum atomic E-state index is 0.745. The van der Waals surface area contributed by atoms with Gasteiger partial charge in [-0.15, -0.1) is 0 Å². The highest BCUT2D eigenvalue weighted by Crippen LogP contribution is 2.21. The first-order valence-electron chi connectivity index (χ1n) is 5.79. The second kappa shape index (κ2) is 4.37. The molecule has 0 amide bonds. The number of nitrogen functional groups attached to an aromatic ring is 1. The maximum atomic E-state index is 5.95. The lowest BCUT2D eigenvalue weighted by atomic mass is 10.2. The van der Waals surface area contributed by atoms with Gasteiger partial charge in [0.2, 0.25) is 0 Å². The molecule has 1 aromatic heterocycles. The van der Waals surface area contributed by atoms with Crippen molar-refractivity contribution < 1.29 is 0 Å². The van der Waals surface area contributed by atoms with Crippen molar-refractivity contribution in [3.8, 4) is 16.9 Å². The fraction of sp³-hybridized carbons (Fsp3) is 0. The molecule has 0 saturated carbocycles. The van der Waals surface area contributed by atoms with Crippen LogP contribution in [0.5, 0.6) is 0 Å². The van der Waals surface area contributed by atoms with Crippen LogP contribution >= 0.6 is 0 Å². The third-order valence-electron chi connectivity index (χ3n) is 2.87. The Kier molecular flexibility index (Phi) is 2.57. The summed E-state index contributed by atoms with van der Waals surface area (Å²) in [7, 11) is 0. The van der Waals surface area contributed by atoms with Gasteiger partial charge in [0.25, 0.3) is 0 Å². The van der Waals surface area contributed by atoms with Gasteiger partial charge in [-0.05, 0) is 12.1 Å². The van der Waals surface area contributed by atoms with Crippen LogP contribution in [0.2, 0.25) is 0 Å². The summed E-state index contributed by atoms with van der Waals surface area (Å²) >= 11 is 0. The van der Waals surface area contributed by atoms with Crippen molar-refractivity contribution >= 4 is 5.69 Å².